The van der Waals surface area contributed by atoms with E-state index in [0.29, 0.717) is 12.6 Å². The third kappa shape index (κ3) is 5.06. The molecule has 1 N–H and O–H groups in total. The number of nitrogens with zero attached hydrogens (tertiary/aromatic N) is 3. The molecule has 1 unspecified atom stereocenters. The van der Waals surface area contributed by atoms with Gasteiger partial charge in [0, 0.05) is 32.7 Å². The fourth-order valence-electron chi connectivity index (χ4n) is 4.40. The van der Waals surface area contributed by atoms with Gasteiger partial charge in [-0.25, -0.2) is 0 Å². The van der Waals surface area contributed by atoms with E-state index in [0.717, 1.165) is 45.6 Å². The monoisotopic (exact) mass is 359 g/mol. The third-order valence-corrected chi connectivity index (χ3v) is 5.94. The lowest BCUT2D eigenvalue weighted by Gasteiger charge is -2.42. The molecule has 2 aliphatic heterocycles. The van der Waals surface area contributed by atoms with Gasteiger partial charge in [-0.3, -0.25) is 14.6 Å². The van der Waals surface area contributed by atoms with Crippen LogP contribution in [0.25, 0.3) is 0 Å². The number of likely N-dealkylation sites (tertiary alicyclic amines) is 2. The lowest BCUT2D eigenvalue weighted by molar-refractivity contribution is -0.137. The molecule has 2 saturated heterocycles. The van der Waals surface area contributed by atoms with Gasteiger partial charge in [0.15, 0.2) is 0 Å². The summed E-state index contributed by atoms with van der Waals surface area (Å²) in [6.45, 7) is 5.80. The molecule has 0 spiro atoms. The van der Waals surface area contributed by atoms with Gasteiger partial charge in [0.1, 0.15) is 0 Å². The van der Waals surface area contributed by atoms with Crippen LogP contribution in [0.3, 0.4) is 0 Å². The molecule has 1 aromatic carbocycles. The number of aliphatic hydroxyl groups excluding tert-OH is 1. The van der Waals surface area contributed by atoms with Crippen LogP contribution in [0.15, 0.2) is 30.3 Å². The van der Waals surface area contributed by atoms with E-state index in [4.69, 9.17) is 5.11 Å². The molecule has 1 aromatic rings. The van der Waals surface area contributed by atoms with Crippen LogP contribution in [0.4, 0.5) is 0 Å². The van der Waals surface area contributed by atoms with Gasteiger partial charge in [0.05, 0.1) is 12.5 Å². The molecule has 1 atom stereocenters. The summed E-state index contributed by atoms with van der Waals surface area (Å²) in [6, 6.07) is 11.3. The van der Waals surface area contributed by atoms with E-state index >= 15 is 0 Å². The number of rotatable bonds is 6. The predicted molar refractivity (Wildman–Crippen MR) is 104 cm³/mol. The van der Waals surface area contributed by atoms with Crippen LogP contribution in [0.5, 0.6) is 0 Å². The average Bonchev–Trinajstić information content (AvgIpc) is 2.69. The number of hydrogen-bond donors (Lipinski definition) is 1. The normalized spacial score (nSPS) is 23.1. The van der Waals surface area contributed by atoms with Crippen molar-refractivity contribution in [3.63, 3.8) is 0 Å². The molecular formula is C21H33N3O2. The smallest absolute Gasteiger partial charge is 0.226 e. The number of amides is 1. The van der Waals surface area contributed by atoms with E-state index in [1.165, 1.54) is 18.4 Å². The van der Waals surface area contributed by atoms with Gasteiger partial charge in [0.2, 0.25) is 5.91 Å². The zero-order chi connectivity index (χ0) is 18.4. The standard InChI is InChI=1S/C21H33N3O2/c1-22(14-15-25)21(26)19-8-5-11-24(17-19)20-9-12-23(13-10-20)16-18-6-3-2-4-7-18/h2-4,6-7,19-20,25H,5,8-17H2,1H3. The summed E-state index contributed by atoms with van der Waals surface area (Å²) in [7, 11) is 1.81. The molecule has 0 radical (unpaired) electrons. The molecule has 2 heterocycles. The summed E-state index contributed by atoms with van der Waals surface area (Å²) >= 11 is 0. The molecule has 0 saturated carbocycles. The van der Waals surface area contributed by atoms with Crippen LogP contribution in [-0.4, -0.2) is 78.1 Å². The highest BCUT2D eigenvalue weighted by Crippen LogP contribution is 2.25. The van der Waals surface area contributed by atoms with E-state index in [-0.39, 0.29) is 18.4 Å². The molecule has 1 amide bonds. The Bertz CT molecular complexity index is 558. The van der Waals surface area contributed by atoms with Crippen molar-refractivity contribution in [3.05, 3.63) is 35.9 Å². The molecule has 3 rings (SSSR count). The second-order valence-corrected chi connectivity index (χ2v) is 7.81. The van der Waals surface area contributed by atoms with Gasteiger partial charge >= 0.3 is 0 Å². The Morgan fingerprint density at radius 1 is 1.15 bits per heavy atom. The highest BCUT2D eigenvalue weighted by Gasteiger charge is 2.32. The molecular weight excluding hydrogens is 326 g/mol. The predicted octanol–water partition coefficient (Wildman–Crippen LogP) is 1.81. The first kappa shape index (κ1) is 19.3. The van der Waals surface area contributed by atoms with E-state index in [9.17, 15) is 4.79 Å². The average molecular weight is 360 g/mol. The molecule has 5 heteroatoms. The van der Waals surface area contributed by atoms with Crippen molar-refractivity contribution >= 4 is 5.91 Å². The minimum Gasteiger partial charge on any atom is -0.395 e. The molecule has 0 aliphatic carbocycles. The van der Waals surface area contributed by atoms with Crippen LogP contribution in [-0.2, 0) is 11.3 Å². The number of benzene rings is 1. The highest BCUT2D eigenvalue weighted by atomic mass is 16.3. The SMILES string of the molecule is CN(CCO)C(=O)C1CCCN(C2CCN(Cc3ccccc3)CC2)C1. The van der Waals surface area contributed by atoms with Gasteiger partial charge in [-0.05, 0) is 50.9 Å². The van der Waals surface area contributed by atoms with Crippen molar-refractivity contribution in [2.24, 2.45) is 5.92 Å². The Morgan fingerprint density at radius 3 is 2.58 bits per heavy atom. The van der Waals surface area contributed by atoms with Crippen molar-refractivity contribution in [3.8, 4) is 0 Å². The van der Waals surface area contributed by atoms with E-state index < -0.39 is 0 Å². The lowest BCUT2D eigenvalue weighted by Crippen LogP contribution is -2.51. The Balaban J connectivity index is 1.47. The second kappa shape index (κ2) is 9.49. The summed E-state index contributed by atoms with van der Waals surface area (Å²) in [4.78, 5) is 19.3. The fourth-order valence-corrected chi connectivity index (χ4v) is 4.40. The van der Waals surface area contributed by atoms with Crippen molar-refractivity contribution in [2.75, 3.05) is 46.4 Å². The van der Waals surface area contributed by atoms with Crippen LogP contribution in [0.2, 0.25) is 0 Å². The number of carbonyl (C=O) groups excluding carboxylic acids is 1. The Hall–Kier alpha value is -1.43. The first-order chi connectivity index (χ1) is 12.7. The van der Waals surface area contributed by atoms with E-state index in [2.05, 4.69) is 40.1 Å². The summed E-state index contributed by atoms with van der Waals surface area (Å²) in [5.41, 5.74) is 1.39. The van der Waals surface area contributed by atoms with E-state index in [1.807, 2.05) is 0 Å². The summed E-state index contributed by atoms with van der Waals surface area (Å²) in [5, 5.41) is 9.06. The Labute approximate surface area is 157 Å². The van der Waals surface area contributed by atoms with Crippen molar-refractivity contribution in [1.29, 1.82) is 0 Å². The molecule has 26 heavy (non-hydrogen) atoms. The molecule has 5 nitrogen and oxygen atoms in total. The van der Waals surface area contributed by atoms with Crippen molar-refractivity contribution < 1.29 is 9.90 Å². The quantitative estimate of drug-likeness (QED) is 0.842. The minimum absolute atomic E-state index is 0.0402. The Kier molecular flexibility index (Phi) is 7.06. The largest absolute Gasteiger partial charge is 0.395 e. The molecule has 0 bridgehead atoms. The molecule has 144 valence electrons. The number of aliphatic hydroxyl groups is 1. The second-order valence-electron chi connectivity index (χ2n) is 7.81. The number of carbonyl (C=O) groups is 1. The highest BCUT2D eigenvalue weighted by molar-refractivity contribution is 5.78. The van der Waals surface area contributed by atoms with Crippen LogP contribution < -0.4 is 0 Å². The number of likely N-dealkylation sites (N-methyl/N-ethyl adjacent to an activating group) is 1. The number of hydrogen-bond acceptors (Lipinski definition) is 4. The third-order valence-electron chi connectivity index (χ3n) is 5.94. The van der Waals surface area contributed by atoms with E-state index in [1.54, 1.807) is 11.9 Å². The maximum atomic E-state index is 12.6. The van der Waals surface area contributed by atoms with Crippen molar-refractivity contribution in [1.82, 2.24) is 14.7 Å². The maximum absolute atomic E-state index is 12.6. The first-order valence-electron chi connectivity index (χ1n) is 10.0. The topological polar surface area (TPSA) is 47.0 Å². The zero-order valence-electron chi connectivity index (χ0n) is 16.0. The first-order valence-corrected chi connectivity index (χ1v) is 10.0. The Morgan fingerprint density at radius 2 is 1.88 bits per heavy atom. The van der Waals surface area contributed by atoms with Gasteiger partial charge < -0.3 is 10.0 Å². The van der Waals surface area contributed by atoms with Gasteiger partial charge in [-0.2, -0.15) is 0 Å². The maximum Gasteiger partial charge on any atom is 0.226 e. The fraction of sp³-hybridized carbons (Fsp3) is 0.667. The van der Waals surface area contributed by atoms with Crippen molar-refractivity contribution in [2.45, 2.75) is 38.3 Å². The van der Waals surface area contributed by atoms with Gasteiger partial charge in [-0.1, -0.05) is 30.3 Å². The molecule has 0 aromatic heterocycles. The number of piperidine rings is 2. The van der Waals surface area contributed by atoms with Crippen LogP contribution >= 0.6 is 0 Å². The zero-order valence-corrected chi connectivity index (χ0v) is 16.0. The van der Waals surface area contributed by atoms with Crippen LogP contribution in [0, 0.1) is 5.92 Å². The summed E-state index contributed by atoms with van der Waals surface area (Å²) in [6.07, 6.45) is 4.48. The van der Waals surface area contributed by atoms with Gasteiger partial charge in [-0.15, -0.1) is 0 Å². The molecule has 2 aliphatic rings. The van der Waals surface area contributed by atoms with Gasteiger partial charge in [0.25, 0.3) is 0 Å². The minimum atomic E-state index is 0.0402. The lowest BCUT2D eigenvalue weighted by atomic mass is 9.93. The van der Waals surface area contributed by atoms with Crippen LogP contribution in [0.1, 0.15) is 31.2 Å². The summed E-state index contributed by atoms with van der Waals surface area (Å²) in [5.74, 6) is 0.299. The summed E-state index contributed by atoms with van der Waals surface area (Å²) < 4.78 is 0. The molecule has 2 fully saturated rings.